The molecule has 4 rings (SSSR count). The van der Waals surface area contributed by atoms with Crippen LogP contribution < -0.4 is 10.3 Å². The zero-order valence-electron chi connectivity index (χ0n) is 13.9. The summed E-state index contributed by atoms with van der Waals surface area (Å²) in [7, 11) is 0. The Morgan fingerprint density at radius 1 is 1.19 bits per heavy atom. The molecular weight excluding hydrogens is 433 g/mol. The number of hydrogen-bond donors (Lipinski definition) is 0. The van der Waals surface area contributed by atoms with Crippen LogP contribution in [-0.4, -0.2) is 14.5 Å². The number of aromatic nitrogens is 3. The summed E-state index contributed by atoms with van der Waals surface area (Å²) in [6.45, 7) is 0.620. The van der Waals surface area contributed by atoms with Gasteiger partial charge in [-0.2, -0.15) is 0 Å². The Balaban J connectivity index is 1.49. The van der Waals surface area contributed by atoms with Gasteiger partial charge in [0, 0.05) is 9.85 Å². The molecule has 0 fully saturated rings. The second-order valence-corrected chi connectivity index (χ2v) is 7.67. The lowest BCUT2D eigenvalue weighted by Gasteiger charge is -2.05. The number of hydrogen-bond acceptors (Lipinski definition) is 5. The first-order chi connectivity index (χ1) is 13.1. The highest BCUT2D eigenvalue weighted by atomic mass is 79.9. The molecule has 2 aromatic carbocycles. The van der Waals surface area contributed by atoms with Crippen molar-refractivity contribution in [2.45, 2.75) is 13.2 Å². The van der Waals surface area contributed by atoms with Gasteiger partial charge in [0.25, 0.3) is 5.56 Å². The molecule has 0 aliphatic rings. The van der Waals surface area contributed by atoms with E-state index in [1.165, 1.54) is 34.4 Å². The molecule has 136 valence electrons. The van der Waals surface area contributed by atoms with Gasteiger partial charge in [-0.05, 0) is 42.5 Å². The number of benzene rings is 2. The van der Waals surface area contributed by atoms with E-state index < -0.39 is 0 Å². The quantitative estimate of drug-likeness (QED) is 0.457. The lowest BCUT2D eigenvalue weighted by molar-refractivity contribution is 0.305. The van der Waals surface area contributed by atoms with Crippen LogP contribution >= 0.6 is 27.3 Å². The van der Waals surface area contributed by atoms with E-state index >= 15 is 0 Å². The van der Waals surface area contributed by atoms with E-state index in [2.05, 4.69) is 25.9 Å². The fourth-order valence-corrected chi connectivity index (χ4v) is 3.64. The van der Waals surface area contributed by atoms with Crippen molar-refractivity contribution in [2.75, 3.05) is 0 Å². The van der Waals surface area contributed by atoms with Crippen molar-refractivity contribution in [3.8, 4) is 5.75 Å². The van der Waals surface area contributed by atoms with E-state index in [-0.39, 0.29) is 18.0 Å². The maximum atomic E-state index is 12.9. The lowest BCUT2D eigenvalue weighted by Crippen LogP contribution is -2.21. The largest absolute Gasteiger partial charge is 0.486 e. The Morgan fingerprint density at radius 2 is 2.00 bits per heavy atom. The molecule has 0 bridgehead atoms. The fourth-order valence-electron chi connectivity index (χ4n) is 2.58. The van der Waals surface area contributed by atoms with Crippen LogP contribution in [0.3, 0.4) is 0 Å². The maximum Gasteiger partial charge on any atom is 0.261 e. The van der Waals surface area contributed by atoms with Crippen LogP contribution in [0.2, 0.25) is 0 Å². The molecule has 0 saturated carbocycles. The van der Waals surface area contributed by atoms with Crippen LogP contribution in [0, 0.1) is 5.82 Å². The predicted octanol–water partition coefficient (Wildman–Crippen LogP) is 4.38. The Kier molecular flexibility index (Phi) is 5.00. The van der Waals surface area contributed by atoms with Gasteiger partial charge in [0.05, 0.1) is 29.5 Å². The first kappa shape index (κ1) is 17.8. The monoisotopic (exact) mass is 445 g/mol. The summed E-state index contributed by atoms with van der Waals surface area (Å²) in [6, 6.07) is 11.3. The molecule has 0 N–H and O–H groups in total. The second-order valence-electron chi connectivity index (χ2n) is 5.81. The molecule has 0 amide bonds. The van der Waals surface area contributed by atoms with Crippen LogP contribution in [0.5, 0.6) is 5.75 Å². The summed E-state index contributed by atoms with van der Waals surface area (Å²) in [4.78, 5) is 21.5. The third kappa shape index (κ3) is 4.06. The van der Waals surface area contributed by atoms with Crippen molar-refractivity contribution >= 4 is 38.2 Å². The van der Waals surface area contributed by atoms with Crippen molar-refractivity contribution in [3.05, 3.63) is 85.5 Å². The lowest BCUT2D eigenvalue weighted by atomic mass is 10.2. The summed E-state index contributed by atoms with van der Waals surface area (Å²) in [5.74, 6) is 0.272. The Bertz CT molecular complexity index is 1160. The fraction of sp³-hybridized carbons (Fsp3) is 0.105. The molecule has 2 aromatic heterocycles. The zero-order valence-corrected chi connectivity index (χ0v) is 16.3. The van der Waals surface area contributed by atoms with Crippen molar-refractivity contribution in [1.82, 2.24) is 14.5 Å². The minimum Gasteiger partial charge on any atom is -0.486 e. The zero-order chi connectivity index (χ0) is 18.8. The summed E-state index contributed by atoms with van der Waals surface area (Å²) in [5, 5.41) is 3.22. The molecule has 0 atom stereocenters. The molecule has 0 aliphatic heterocycles. The SMILES string of the molecule is O=c1c2cc(Br)ccc2ncn1Cc1csc(COc2ccc(F)cc2)n1. The topological polar surface area (TPSA) is 57.0 Å². The highest BCUT2D eigenvalue weighted by Crippen LogP contribution is 2.17. The molecule has 0 spiro atoms. The van der Waals surface area contributed by atoms with Crippen LogP contribution in [0.15, 0.2) is 63.4 Å². The number of thiazole rings is 1. The Hall–Kier alpha value is -2.58. The first-order valence-electron chi connectivity index (χ1n) is 8.05. The molecule has 27 heavy (non-hydrogen) atoms. The van der Waals surface area contributed by atoms with Crippen molar-refractivity contribution in [2.24, 2.45) is 0 Å². The molecule has 0 unspecified atom stereocenters. The minimum absolute atomic E-state index is 0.113. The summed E-state index contributed by atoms with van der Waals surface area (Å²) >= 11 is 4.83. The Labute approximate surface area is 166 Å². The van der Waals surface area contributed by atoms with Gasteiger partial charge in [-0.3, -0.25) is 9.36 Å². The minimum atomic E-state index is -0.305. The normalized spacial score (nSPS) is 11.0. The highest BCUT2D eigenvalue weighted by Gasteiger charge is 2.08. The van der Waals surface area contributed by atoms with Crippen molar-refractivity contribution in [3.63, 3.8) is 0 Å². The van der Waals surface area contributed by atoms with E-state index in [0.29, 0.717) is 23.2 Å². The molecule has 0 radical (unpaired) electrons. The number of rotatable bonds is 5. The molecular formula is C19H13BrFN3O2S. The first-order valence-corrected chi connectivity index (χ1v) is 9.72. The van der Waals surface area contributed by atoms with Gasteiger partial charge >= 0.3 is 0 Å². The van der Waals surface area contributed by atoms with Crippen LogP contribution in [0.1, 0.15) is 10.7 Å². The van der Waals surface area contributed by atoms with E-state index in [1.807, 2.05) is 11.4 Å². The van der Waals surface area contributed by atoms with Crippen LogP contribution in [-0.2, 0) is 13.2 Å². The van der Waals surface area contributed by atoms with E-state index in [1.54, 1.807) is 24.3 Å². The van der Waals surface area contributed by atoms with Gasteiger partial charge in [0.1, 0.15) is 23.2 Å². The average Bonchev–Trinajstić information content (AvgIpc) is 3.11. The third-order valence-corrected chi connectivity index (χ3v) is 5.26. The molecule has 4 aromatic rings. The molecule has 5 nitrogen and oxygen atoms in total. The van der Waals surface area contributed by atoms with Gasteiger partial charge in [-0.1, -0.05) is 15.9 Å². The summed E-state index contributed by atoms with van der Waals surface area (Å²) in [6.07, 6.45) is 1.53. The van der Waals surface area contributed by atoms with Crippen molar-refractivity contribution < 1.29 is 9.13 Å². The van der Waals surface area contributed by atoms with Crippen LogP contribution in [0.25, 0.3) is 10.9 Å². The van der Waals surface area contributed by atoms with Gasteiger partial charge in [-0.15, -0.1) is 11.3 Å². The van der Waals surface area contributed by atoms with Gasteiger partial charge in [0.15, 0.2) is 0 Å². The van der Waals surface area contributed by atoms with Gasteiger partial charge in [-0.25, -0.2) is 14.4 Å². The molecule has 0 saturated heterocycles. The number of halogens is 2. The predicted molar refractivity (Wildman–Crippen MR) is 106 cm³/mol. The Morgan fingerprint density at radius 3 is 2.81 bits per heavy atom. The maximum absolute atomic E-state index is 12.9. The molecule has 0 aliphatic carbocycles. The molecule has 8 heteroatoms. The number of fused-ring (bicyclic) bond motifs is 1. The number of nitrogens with zero attached hydrogens (tertiary/aromatic N) is 3. The van der Waals surface area contributed by atoms with E-state index in [4.69, 9.17) is 4.74 Å². The van der Waals surface area contributed by atoms with E-state index in [0.717, 1.165) is 15.2 Å². The third-order valence-electron chi connectivity index (χ3n) is 3.89. The van der Waals surface area contributed by atoms with E-state index in [9.17, 15) is 9.18 Å². The molecule has 2 heterocycles. The standard InChI is InChI=1S/C19H13BrFN3O2S/c20-12-1-6-17-16(7-12)19(25)24(11-22-17)8-14-10-27-18(23-14)9-26-15-4-2-13(21)3-5-15/h1-7,10-11H,8-9H2. The second kappa shape index (κ2) is 7.58. The van der Waals surface area contributed by atoms with Gasteiger partial charge in [0.2, 0.25) is 0 Å². The van der Waals surface area contributed by atoms with Crippen molar-refractivity contribution in [1.29, 1.82) is 0 Å². The van der Waals surface area contributed by atoms with Gasteiger partial charge < -0.3 is 4.74 Å². The summed E-state index contributed by atoms with van der Waals surface area (Å²) in [5.41, 5.74) is 1.31. The number of ether oxygens (including phenoxy) is 1. The highest BCUT2D eigenvalue weighted by molar-refractivity contribution is 9.10. The van der Waals surface area contributed by atoms with Crippen LogP contribution in [0.4, 0.5) is 4.39 Å². The smallest absolute Gasteiger partial charge is 0.261 e. The summed E-state index contributed by atoms with van der Waals surface area (Å²) < 4.78 is 20.9. The average molecular weight is 446 g/mol.